The molecule has 1 fully saturated rings. The maximum Gasteiger partial charge on any atom is 0.227 e. The zero-order valence-electron chi connectivity index (χ0n) is 11.7. The summed E-state index contributed by atoms with van der Waals surface area (Å²) in [7, 11) is 1.65. The Morgan fingerprint density at radius 2 is 2.29 bits per heavy atom. The molecule has 7 heteroatoms. The number of hydrogen-bond acceptors (Lipinski definition) is 4. The van der Waals surface area contributed by atoms with E-state index in [-0.39, 0.29) is 17.3 Å². The van der Waals surface area contributed by atoms with Gasteiger partial charge in [-0.15, -0.1) is 0 Å². The van der Waals surface area contributed by atoms with Crippen LogP contribution < -0.4 is 11.1 Å². The second-order valence-corrected chi connectivity index (χ2v) is 6.00. The fraction of sp³-hybridized carbons (Fsp3) is 0.429. The molecule has 0 unspecified atom stereocenters. The van der Waals surface area contributed by atoms with Crippen molar-refractivity contribution >= 4 is 33.4 Å². The summed E-state index contributed by atoms with van der Waals surface area (Å²) in [6, 6.07) is 5.06. The van der Waals surface area contributed by atoms with Crippen LogP contribution in [0.1, 0.15) is 31.2 Å². The first-order chi connectivity index (χ1) is 9.99. The molecule has 0 aliphatic heterocycles. The van der Waals surface area contributed by atoms with E-state index in [1.54, 1.807) is 25.3 Å². The predicted octanol–water partition coefficient (Wildman–Crippen LogP) is 2.44. The number of hydrogen-bond donors (Lipinski definition) is 3. The zero-order chi connectivity index (χ0) is 15.5. The number of amides is 1. The lowest BCUT2D eigenvalue weighted by molar-refractivity contribution is -0.129. The number of nitrogens with two attached hydrogens (primary N) is 1. The van der Waals surface area contributed by atoms with Crippen molar-refractivity contribution in [2.75, 3.05) is 12.4 Å². The number of carbonyl (C=O) groups excluding carboxylic acids is 1. The number of ether oxygens (including phenoxy) is 1. The Bertz CT molecular complexity index is 565. The van der Waals surface area contributed by atoms with Crippen molar-refractivity contribution in [1.29, 1.82) is 0 Å². The molecule has 1 aliphatic rings. The molecule has 1 amide bonds. The van der Waals surface area contributed by atoms with E-state index in [0.717, 1.165) is 19.3 Å². The van der Waals surface area contributed by atoms with Gasteiger partial charge < -0.3 is 21.0 Å². The second-order valence-electron chi connectivity index (χ2n) is 5.15. The van der Waals surface area contributed by atoms with Crippen LogP contribution in [0.5, 0.6) is 0 Å². The molecule has 1 aromatic carbocycles. The van der Waals surface area contributed by atoms with Crippen LogP contribution in [0.2, 0.25) is 0 Å². The third-order valence-electron chi connectivity index (χ3n) is 3.83. The molecule has 0 atom stereocenters. The van der Waals surface area contributed by atoms with Gasteiger partial charge in [-0.05, 0) is 53.4 Å². The first kappa shape index (κ1) is 15.8. The minimum absolute atomic E-state index is 0.0152. The van der Waals surface area contributed by atoms with Crippen LogP contribution in [0.4, 0.5) is 5.69 Å². The molecule has 1 aliphatic carbocycles. The third-order valence-corrected chi connectivity index (χ3v) is 4.48. The average Bonchev–Trinajstić information content (AvgIpc) is 2.44. The van der Waals surface area contributed by atoms with Gasteiger partial charge in [-0.3, -0.25) is 4.79 Å². The Morgan fingerprint density at radius 3 is 2.76 bits per heavy atom. The van der Waals surface area contributed by atoms with Gasteiger partial charge in [0.25, 0.3) is 0 Å². The summed E-state index contributed by atoms with van der Waals surface area (Å²) in [6.07, 6.45) is 3.28. The average molecular weight is 356 g/mol. The Balaban J connectivity index is 2.04. The number of nitrogens with zero attached hydrogens (tertiary/aromatic N) is 1. The van der Waals surface area contributed by atoms with Gasteiger partial charge in [-0.2, -0.15) is 0 Å². The molecule has 114 valence electrons. The highest BCUT2D eigenvalue weighted by Gasteiger charge is 2.39. The molecular formula is C14H18BrN3O3. The Kier molecular flexibility index (Phi) is 4.84. The van der Waals surface area contributed by atoms with E-state index in [0.29, 0.717) is 22.1 Å². The summed E-state index contributed by atoms with van der Waals surface area (Å²) in [5.74, 6) is -0.0739. The summed E-state index contributed by atoms with van der Waals surface area (Å²) < 4.78 is 6.11. The number of oxime groups is 1. The molecule has 2 rings (SSSR count). The number of rotatable bonds is 5. The fourth-order valence-corrected chi connectivity index (χ4v) is 2.82. The molecule has 0 spiro atoms. The smallest absolute Gasteiger partial charge is 0.227 e. The molecule has 1 saturated carbocycles. The van der Waals surface area contributed by atoms with Gasteiger partial charge in [0, 0.05) is 17.1 Å². The van der Waals surface area contributed by atoms with Gasteiger partial charge in [0.15, 0.2) is 5.84 Å². The number of amidine groups is 1. The van der Waals surface area contributed by atoms with Gasteiger partial charge in [0.2, 0.25) is 5.91 Å². The molecule has 0 bridgehead atoms. The molecule has 0 aromatic heterocycles. The normalized spacial score (nSPS) is 17.1. The van der Waals surface area contributed by atoms with Gasteiger partial charge >= 0.3 is 0 Å². The van der Waals surface area contributed by atoms with Crippen molar-refractivity contribution in [2.24, 2.45) is 10.9 Å². The van der Waals surface area contributed by atoms with E-state index in [1.807, 2.05) is 0 Å². The minimum atomic E-state index is -0.301. The number of methoxy groups -OCH3 is 1. The number of benzene rings is 1. The number of halogens is 1. The Labute approximate surface area is 131 Å². The molecule has 0 heterocycles. The molecule has 0 saturated heterocycles. The van der Waals surface area contributed by atoms with Gasteiger partial charge in [0.1, 0.15) is 0 Å². The second kappa shape index (κ2) is 6.44. The summed E-state index contributed by atoms with van der Waals surface area (Å²) in [5.41, 5.74) is 6.42. The van der Waals surface area contributed by atoms with Crippen LogP contribution in [-0.2, 0) is 9.53 Å². The molecule has 1 aromatic rings. The maximum absolute atomic E-state index is 12.1. The topological polar surface area (TPSA) is 96.9 Å². The molecular weight excluding hydrogens is 338 g/mol. The van der Waals surface area contributed by atoms with Crippen LogP contribution in [0.25, 0.3) is 0 Å². The van der Waals surface area contributed by atoms with Crippen molar-refractivity contribution in [2.45, 2.75) is 31.3 Å². The van der Waals surface area contributed by atoms with Gasteiger partial charge in [0.05, 0.1) is 17.7 Å². The molecule has 6 nitrogen and oxygen atoms in total. The van der Waals surface area contributed by atoms with Gasteiger partial charge in [-0.1, -0.05) is 5.16 Å². The summed E-state index contributed by atoms with van der Waals surface area (Å²) in [4.78, 5) is 12.1. The minimum Gasteiger partial charge on any atom is -0.409 e. The molecule has 4 N–H and O–H groups in total. The van der Waals surface area contributed by atoms with E-state index < -0.39 is 0 Å². The van der Waals surface area contributed by atoms with Crippen LogP contribution >= 0.6 is 15.9 Å². The van der Waals surface area contributed by atoms with E-state index in [4.69, 9.17) is 15.7 Å². The SMILES string of the molecule is COC1(CC(=O)Nc2ccc(/C(N)=N/O)cc2Br)CCC1. The first-order valence-corrected chi connectivity index (χ1v) is 7.41. The number of nitrogens with one attached hydrogen (secondary N) is 1. The van der Waals surface area contributed by atoms with Crippen LogP contribution in [0, 0.1) is 0 Å². The lowest BCUT2D eigenvalue weighted by atomic mass is 9.77. The molecule has 0 radical (unpaired) electrons. The maximum atomic E-state index is 12.1. The van der Waals surface area contributed by atoms with Crippen LogP contribution in [0.3, 0.4) is 0 Å². The van der Waals surface area contributed by atoms with E-state index in [1.165, 1.54) is 0 Å². The summed E-state index contributed by atoms with van der Waals surface area (Å²) >= 11 is 3.36. The quantitative estimate of drug-likeness (QED) is 0.327. The van der Waals surface area contributed by atoms with Crippen molar-refractivity contribution in [3.05, 3.63) is 28.2 Å². The van der Waals surface area contributed by atoms with Crippen molar-refractivity contribution < 1.29 is 14.7 Å². The predicted molar refractivity (Wildman–Crippen MR) is 83.5 cm³/mol. The highest BCUT2D eigenvalue weighted by molar-refractivity contribution is 9.10. The van der Waals surface area contributed by atoms with Gasteiger partial charge in [-0.25, -0.2) is 0 Å². The monoisotopic (exact) mass is 355 g/mol. The number of anilines is 1. The van der Waals surface area contributed by atoms with Crippen LogP contribution in [0.15, 0.2) is 27.8 Å². The summed E-state index contributed by atoms with van der Waals surface area (Å²) in [6.45, 7) is 0. The van der Waals surface area contributed by atoms with Crippen molar-refractivity contribution in [3.8, 4) is 0 Å². The molecule has 21 heavy (non-hydrogen) atoms. The van der Waals surface area contributed by atoms with E-state index in [9.17, 15) is 4.79 Å². The Morgan fingerprint density at radius 1 is 1.57 bits per heavy atom. The van der Waals surface area contributed by atoms with E-state index in [2.05, 4.69) is 26.4 Å². The van der Waals surface area contributed by atoms with Crippen molar-refractivity contribution in [1.82, 2.24) is 0 Å². The third kappa shape index (κ3) is 3.54. The lowest BCUT2D eigenvalue weighted by Crippen LogP contribution is -2.42. The lowest BCUT2D eigenvalue weighted by Gasteiger charge is -2.39. The first-order valence-electron chi connectivity index (χ1n) is 6.62. The van der Waals surface area contributed by atoms with Crippen LogP contribution in [-0.4, -0.2) is 29.7 Å². The Hall–Kier alpha value is -1.60. The zero-order valence-corrected chi connectivity index (χ0v) is 13.3. The highest BCUT2D eigenvalue weighted by atomic mass is 79.9. The number of carbonyl (C=O) groups is 1. The largest absolute Gasteiger partial charge is 0.409 e. The highest BCUT2D eigenvalue weighted by Crippen LogP contribution is 2.38. The van der Waals surface area contributed by atoms with Crippen molar-refractivity contribution in [3.63, 3.8) is 0 Å². The standard InChI is InChI=1S/C14H18BrN3O3/c1-21-14(5-2-6-14)8-12(19)17-11-4-3-9(7-10(11)15)13(16)18-20/h3-4,7,20H,2,5-6,8H2,1H3,(H2,16,18)(H,17,19). The summed E-state index contributed by atoms with van der Waals surface area (Å²) in [5, 5.41) is 14.4. The fourth-order valence-electron chi connectivity index (χ4n) is 2.34. The van der Waals surface area contributed by atoms with E-state index >= 15 is 0 Å².